The number of rotatable bonds is 4. The lowest BCUT2D eigenvalue weighted by molar-refractivity contribution is -0.123. The number of ether oxygens (including phenoxy) is 1. The van der Waals surface area contributed by atoms with Crippen LogP contribution in [0, 0.1) is 18.3 Å². The summed E-state index contributed by atoms with van der Waals surface area (Å²) in [5, 5.41) is 34.2. The number of carbonyl (C=O) groups is 3. The third kappa shape index (κ3) is 3.84. The highest BCUT2D eigenvalue weighted by Crippen LogP contribution is 2.57. The van der Waals surface area contributed by atoms with E-state index < -0.39 is 28.5 Å². The monoisotopic (exact) mass is 528 g/mol. The van der Waals surface area contributed by atoms with Gasteiger partial charge in [0.15, 0.2) is 17.3 Å². The zero-order valence-corrected chi connectivity index (χ0v) is 22.1. The average molecular weight is 529 g/mol. The molecule has 39 heavy (non-hydrogen) atoms. The number of Topliss-reactive ketones (excluding diaryl/α,β-unsaturated/α-hetero) is 2. The molecule has 10 nitrogen and oxygen atoms in total. The number of nitrogens with zero attached hydrogens (tertiary/aromatic N) is 3. The van der Waals surface area contributed by atoms with Gasteiger partial charge in [-0.25, -0.2) is 4.98 Å². The van der Waals surface area contributed by atoms with E-state index in [1.54, 1.807) is 32.2 Å². The normalized spacial score (nSPS) is 21.9. The molecule has 10 heteroatoms. The molecule has 0 amide bonds. The van der Waals surface area contributed by atoms with Gasteiger partial charge in [-0.3, -0.25) is 14.4 Å². The third-order valence-corrected chi connectivity index (χ3v) is 7.88. The molecule has 0 radical (unpaired) electrons. The van der Waals surface area contributed by atoms with Crippen molar-refractivity contribution in [2.24, 2.45) is 0 Å². The number of hydrogen-bond donors (Lipinski definition) is 3. The minimum absolute atomic E-state index is 0.00353. The zero-order valence-electron chi connectivity index (χ0n) is 22.1. The number of aromatic hydroxyl groups is 2. The van der Waals surface area contributed by atoms with Gasteiger partial charge in [0.05, 0.1) is 16.7 Å². The molecule has 3 N–H and O–H groups in total. The first-order valence-electron chi connectivity index (χ1n) is 12.7. The highest BCUT2D eigenvalue weighted by Gasteiger charge is 2.56. The Labute approximate surface area is 225 Å². The van der Waals surface area contributed by atoms with Gasteiger partial charge in [0.25, 0.3) is 0 Å². The van der Waals surface area contributed by atoms with Crippen LogP contribution in [0.3, 0.4) is 0 Å². The predicted octanol–water partition coefficient (Wildman–Crippen LogP) is 3.09. The number of hydrogen-bond acceptors (Lipinski definition) is 10. The number of benzene rings is 1. The van der Waals surface area contributed by atoms with E-state index in [1.165, 1.54) is 19.9 Å². The van der Waals surface area contributed by atoms with Gasteiger partial charge in [-0.2, -0.15) is 5.26 Å². The van der Waals surface area contributed by atoms with Crippen LogP contribution in [0.5, 0.6) is 17.2 Å². The SMILES string of the molecule is CC(=O)c1c(O)c(C)c(O)c2c1OC1=CC(=O)C(=C(C)NC3CCN(c4ncccc4C#N)CC3)C(=O)[C@@]12C. The Hall–Kier alpha value is -4.65. The lowest BCUT2D eigenvalue weighted by Gasteiger charge is -2.35. The van der Waals surface area contributed by atoms with Crippen molar-refractivity contribution in [2.75, 3.05) is 18.0 Å². The summed E-state index contributed by atoms with van der Waals surface area (Å²) in [6.07, 6.45) is 4.26. The predicted molar refractivity (Wildman–Crippen MR) is 141 cm³/mol. The van der Waals surface area contributed by atoms with Crippen molar-refractivity contribution in [1.29, 1.82) is 5.26 Å². The van der Waals surface area contributed by atoms with Crippen LogP contribution in [-0.4, -0.2) is 51.7 Å². The molecule has 3 aliphatic rings. The Kier molecular flexibility index (Phi) is 6.18. The highest BCUT2D eigenvalue weighted by atomic mass is 16.5. The van der Waals surface area contributed by atoms with E-state index in [2.05, 4.69) is 16.4 Å². The molecule has 1 aliphatic carbocycles. The maximum atomic E-state index is 14.0. The zero-order chi connectivity index (χ0) is 28.2. The van der Waals surface area contributed by atoms with Crippen LogP contribution < -0.4 is 15.0 Å². The number of aromatic nitrogens is 1. The molecule has 0 unspecified atom stereocenters. The van der Waals surface area contributed by atoms with Crippen LogP contribution in [0.2, 0.25) is 0 Å². The molecule has 1 aromatic carbocycles. The van der Waals surface area contributed by atoms with Gasteiger partial charge in [-0.15, -0.1) is 0 Å². The fourth-order valence-electron chi connectivity index (χ4n) is 5.71. The van der Waals surface area contributed by atoms with E-state index >= 15 is 0 Å². The van der Waals surface area contributed by atoms with Crippen molar-refractivity contribution in [2.45, 2.75) is 52.0 Å². The molecule has 1 aromatic heterocycles. The van der Waals surface area contributed by atoms with E-state index in [-0.39, 0.29) is 45.6 Å². The minimum atomic E-state index is -1.55. The first kappa shape index (κ1) is 26.0. The quantitative estimate of drug-likeness (QED) is 0.306. The number of allylic oxidation sites excluding steroid dienone is 4. The molecule has 1 atom stereocenters. The fourth-order valence-corrected chi connectivity index (χ4v) is 5.71. The van der Waals surface area contributed by atoms with Crippen molar-refractivity contribution in [3.8, 4) is 23.3 Å². The van der Waals surface area contributed by atoms with Crippen molar-refractivity contribution >= 4 is 23.2 Å². The molecule has 200 valence electrons. The summed E-state index contributed by atoms with van der Waals surface area (Å²) in [7, 11) is 0. The van der Waals surface area contributed by atoms with Crippen molar-refractivity contribution in [3.05, 3.63) is 63.7 Å². The molecule has 2 aromatic rings. The Balaban J connectivity index is 1.45. The van der Waals surface area contributed by atoms with Gasteiger partial charge >= 0.3 is 0 Å². The van der Waals surface area contributed by atoms with Crippen molar-refractivity contribution in [3.63, 3.8) is 0 Å². The molecule has 0 saturated carbocycles. The maximum absolute atomic E-state index is 14.0. The van der Waals surface area contributed by atoms with Crippen LogP contribution >= 0.6 is 0 Å². The van der Waals surface area contributed by atoms with Gasteiger partial charge in [0, 0.05) is 42.7 Å². The van der Waals surface area contributed by atoms with Crippen molar-refractivity contribution < 1.29 is 29.3 Å². The van der Waals surface area contributed by atoms with Gasteiger partial charge in [-0.05, 0) is 52.7 Å². The molecular weight excluding hydrogens is 500 g/mol. The second kappa shape index (κ2) is 9.27. The summed E-state index contributed by atoms with van der Waals surface area (Å²) in [6, 6.07) is 5.60. The number of anilines is 1. The Morgan fingerprint density at radius 1 is 1.23 bits per heavy atom. The summed E-state index contributed by atoms with van der Waals surface area (Å²) >= 11 is 0. The number of carbonyl (C=O) groups excluding carboxylic acids is 3. The van der Waals surface area contributed by atoms with Gasteiger partial charge in [0.1, 0.15) is 45.9 Å². The second-order valence-corrected chi connectivity index (χ2v) is 10.3. The van der Waals surface area contributed by atoms with Gasteiger partial charge < -0.3 is 25.2 Å². The van der Waals surface area contributed by atoms with Crippen LogP contribution in [0.1, 0.15) is 60.7 Å². The Morgan fingerprint density at radius 3 is 2.56 bits per heavy atom. The summed E-state index contributed by atoms with van der Waals surface area (Å²) in [5.41, 5.74) is -0.711. The van der Waals surface area contributed by atoms with E-state index in [0.29, 0.717) is 43.0 Å². The minimum Gasteiger partial charge on any atom is -0.507 e. The molecule has 1 fully saturated rings. The van der Waals surface area contributed by atoms with Crippen LogP contribution in [-0.2, 0) is 15.0 Å². The molecule has 1 saturated heterocycles. The van der Waals surface area contributed by atoms with E-state index in [9.17, 15) is 29.9 Å². The third-order valence-electron chi connectivity index (χ3n) is 7.88. The molecule has 0 spiro atoms. The van der Waals surface area contributed by atoms with Gasteiger partial charge in [-0.1, -0.05) is 0 Å². The van der Waals surface area contributed by atoms with Gasteiger partial charge in [0.2, 0.25) is 0 Å². The number of fused-ring (bicyclic) bond motifs is 3. The maximum Gasteiger partial charge on any atom is 0.194 e. The number of phenolic OH excluding ortho intramolecular Hbond substituents is 2. The number of nitriles is 1. The topological polar surface area (TPSA) is 153 Å². The number of pyridine rings is 1. The summed E-state index contributed by atoms with van der Waals surface area (Å²) in [5.74, 6) is -1.85. The molecule has 5 rings (SSSR count). The van der Waals surface area contributed by atoms with Crippen molar-refractivity contribution in [1.82, 2.24) is 10.3 Å². The highest BCUT2D eigenvalue weighted by molar-refractivity contribution is 6.31. The van der Waals surface area contributed by atoms with E-state index in [1.807, 2.05) is 4.90 Å². The smallest absolute Gasteiger partial charge is 0.194 e. The molecule has 0 bridgehead atoms. The summed E-state index contributed by atoms with van der Waals surface area (Å²) in [6.45, 7) is 7.20. The molecular formula is C29H28N4O6. The second-order valence-electron chi connectivity index (χ2n) is 10.3. The van der Waals surface area contributed by atoms with Crippen LogP contribution in [0.25, 0.3) is 0 Å². The molecule has 3 heterocycles. The molecule has 2 aliphatic heterocycles. The lowest BCUT2D eigenvalue weighted by Crippen LogP contribution is -2.45. The Bertz CT molecular complexity index is 1560. The number of piperidine rings is 1. The van der Waals surface area contributed by atoms with Crippen LogP contribution in [0.15, 0.2) is 41.4 Å². The largest absolute Gasteiger partial charge is 0.507 e. The average Bonchev–Trinajstić information content (AvgIpc) is 3.20. The fraction of sp³-hybridized carbons (Fsp3) is 0.345. The summed E-state index contributed by atoms with van der Waals surface area (Å²) < 4.78 is 5.82. The Morgan fingerprint density at radius 2 is 1.92 bits per heavy atom. The summed E-state index contributed by atoms with van der Waals surface area (Å²) in [4.78, 5) is 45.9. The van der Waals surface area contributed by atoms with E-state index in [0.717, 1.165) is 0 Å². The number of ketones is 3. The first-order valence-corrected chi connectivity index (χ1v) is 12.7. The lowest BCUT2D eigenvalue weighted by atomic mass is 9.70. The standard InChI is InChI=1S/C29H28N4O6/c1-14-24(36)22(16(3)34)26-23(25(14)37)29(4)20(39-26)12-19(35)21(27(29)38)15(2)32-18-7-10-33(11-8-18)28-17(13-30)6-5-9-31-28/h5-6,9,12,18,32,36-37H,7-8,10-11H2,1-4H3/t29-/m0/s1. The first-order chi connectivity index (χ1) is 18.5. The van der Waals surface area contributed by atoms with Crippen LogP contribution in [0.4, 0.5) is 5.82 Å². The number of nitrogens with one attached hydrogen (secondary N) is 1. The van der Waals surface area contributed by atoms with E-state index in [4.69, 9.17) is 4.74 Å². The number of phenols is 2.